The highest BCUT2D eigenvalue weighted by Gasteiger charge is 2.33. The molecule has 1 aromatic carbocycles. The number of aryl methyl sites for hydroxylation is 2. The van der Waals surface area contributed by atoms with Gasteiger partial charge >= 0.3 is 6.09 Å². The van der Waals surface area contributed by atoms with Crippen molar-refractivity contribution in [1.82, 2.24) is 15.5 Å². The lowest BCUT2D eigenvalue weighted by Crippen LogP contribution is -2.34. The summed E-state index contributed by atoms with van der Waals surface area (Å²) in [6.07, 6.45) is 7.16. The Labute approximate surface area is 163 Å². The number of H-pyrrole nitrogens is 1. The Bertz CT molecular complexity index is 918. The van der Waals surface area contributed by atoms with Crippen LogP contribution in [0.15, 0.2) is 24.4 Å². The predicted octanol–water partition coefficient (Wildman–Crippen LogP) is 2.81. The molecule has 1 saturated heterocycles. The van der Waals surface area contributed by atoms with Gasteiger partial charge in [0.25, 0.3) is 0 Å². The van der Waals surface area contributed by atoms with Crippen LogP contribution in [0.3, 0.4) is 0 Å². The van der Waals surface area contributed by atoms with Crippen molar-refractivity contribution in [2.75, 3.05) is 18.0 Å². The van der Waals surface area contributed by atoms with Gasteiger partial charge in [0.1, 0.15) is 6.10 Å². The van der Waals surface area contributed by atoms with Gasteiger partial charge in [-0.25, -0.2) is 4.79 Å². The molecule has 7 nitrogen and oxygen atoms in total. The summed E-state index contributed by atoms with van der Waals surface area (Å²) in [5.41, 5.74) is 5.55. The second-order valence-corrected chi connectivity index (χ2v) is 8.03. The summed E-state index contributed by atoms with van der Waals surface area (Å²) in [6, 6.07) is 6.11. The molecule has 1 saturated carbocycles. The molecule has 0 radical (unpaired) electrons. The molecule has 2 fully saturated rings. The summed E-state index contributed by atoms with van der Waals surface area (Å²) in [4.78, 5) is 25.9. The van der Waals surface area contributed by atoms with Gasteiger partial charge in [-0.1, -0.05) is 6.07 Å². The fourth-order valence-electron chi connectivity index (χ4n) is 4.12. The predicted molar refractivity (Wildman–Crippen MR) is 104 cm³/mol. The molecule has 2 amide bonds. The van der Waals surface area contributed by atoms with Gasteiger partial charge < -0.3 is 10.1 Å². The summed E-state index contributed by atoms with van der Waals surface area (Å²) < 4.78 is 5.47. The zero-order valence-corrected chi connectivity index (χ0v) is 15.7. The van der Waals surface area contributed by atoms with Crippen LogP contribution in [0.5, 0.6) is 0 Å². The maximum absolute atomic E-state index is 12.4. The summed E-state index contributed by atoms with van der Waals surface area (Å²) >= 11 is 0. The van der Waals surface area contributed by atoms with Crippen molar-refractivity contribution in [2.24, 2.45) is 5.92 Å². The Kier molecular flexibility index (Phi) is 4.30. The number of carbonyl (C=O) groups excluding carboxylic acids is 2. The third kappa shape index (κ3) is 3.37. The molecule has 2 aliphatic carbocycles. The molecule has 5 rings (SSSR count). The number of aromatic amines is 1. The van der Waals surface area contributed by atoms with E-state index in [9.17, 15) is 9.59 Å². The third-order valence-corrected chi connectivity index (χ3v) is 5.85. The zero-order chi connectivity index (χ0) is 19.1. The van der Waals surface area contributed by atoms with E-state index in [1.165, 1.54) is 11.1 Å². The molecule has 146 valence electrons. The minimum atomic E-state index is -0.350. The van der Waals surface area contributed by atoms with Crippen molar-refractivity contribution in [3.8, 4) is 11.3 Å². The van der Waals surface area contributed by atoms with E-state index in [4.69, 9.17) is 4.74 Å². The molecule has 2 heterocycles. The molecule has 0 unspecified atom stereocenters. The summed E-state index contributed by atoms with van der Waals surface area (Å²) in [5, 5.41) is 10.2. The molecule has 1 aliphatic heterocycles. The van der Waals surface area contributed by atoms with Gasteiger partial charge in [0, 0.05) is 17.7 Å². The van der Waals surface area contributed by atoms with Gasteiger partial charge in [-0.05, 0) is 61.3 Å². The Hall–Kier alpha value is -2.83. The molecule has 1 atom stereocenters. The standard InChI is InChI=1S/C21H24N4O3/c26-19(8-13-4-5-13)22-11-17-12-25(21(27)28-17)16-6-7-18-14(9-16)2-1-3-15-10-23-24-20(15)18/h6-7,9-10,13,17H,1-5,8,11-12H2,(H,22,26)(H,23,24)/t17-/m0/s1. The first-order chi connectivity index (χ1) is 13.7. The number of carbonyl (C=O) groups is 2. The van der Waals surface area contributed by atoms with Crippen LogP contribution >= 0.6 is 0 Å². The van der Waals surface area contributed by atoms with Crippen molar-refractivity contribution < 1.29 is 14.3 Å². The van der Waals surface area contributed by atoms with E-state index in [-0.39, 0.29) is 18.1 Å². The smallest absolute Gasteiger partial charge is 0.414 e. The number of ether oxygens (including phenoxy) is 1. The highest BCUT2D eigenvalue weighted by Crippen LogP contribution is 2.34. The number of cyclic esters (lactones) is 1. The van der Waals surface area contributed by atoms with Gasteiger partial charge in [-0.15, -0.1) is 0 Å². The van der Waals surface area contributed by atoms with E-state index in [0.29, 0.717) is 25.4 Å². The van der Waals surface area contributed by atoms with Gasteiger partial charge in [0.15, 0.2) is 0 Å². The SMILES string of the molecule is O=C(CC1CC1)NC[C@H]1CN(c2ccc3c(c2)CCCc2cn[nH]c2-3)C(=O)O1. The van der Waals surface area contributed by atoms with Gasteiger partial charge in [0.05, 0.1) is 25.0 Å². The minimum absolute atomic E-state index is 0.0531. The van der Waals surface area contributed by atoms with E-state index in [2.05, 4.69) is 27.6 Å². The molecule has 3 aliphatic rings. The average molecular weight is 380 g/mol. The van der Waals surface area contributed by atoms with E-state index >= 15 is 0 Å². The van der Waals surface area contributed by atoms with Crippen molar-refractivity contribution in [3.63, 3.8) is 0 Å². The van der Waals surface area contributed by atoms with Gasteiger partial charge in [-0.3, -0.25) is 14.8 Å². The summed E-state index contributed by atoms with van der Waals surface area (Å²) in [6.45, 7) is 0.826. The number of fused-ring (bicyclic) bond motifs is 3. The summed E-state index contributed by atoms with van der Waals surface area (Å²) in [5.74, 6) is 0.606. The first kappa shape index (κ1) is 17.3. The van der Waals surface area contributed by atoms with Crippen LogP contribution < -0.4 is 10.2 Å². The number of aromatic nitrogens is 2. The first-order valence-corrected chi connectivity index (χ1v) is 10.1. The molecular weight excluding hydrogens is 356 g/mol. The average Bonchev–Trinajstić information content (AvgIpc) is 3.29. The Morgan fingerprint density at radius 3 is 3.00 bits per heavy atom. The molecular formula is C21H24N4O3. The molecule has 28 heavy (non-hydrogen) atoms. The second-order valence-electron chi connectivity index (χ2n) is 8.03. The fraction of sp³-hybridized carbons (Fsp3) is 0.476. The second kappa shape index (κ2) is 6.96. The lowest BCUT2D eigenvalue weighted by Gasteiger charge is -2.16. The van der Waals surface area contributed by atoms with Crippen LogP contribution in [0.25, 0.3) is 11.3 Å². The molecule has 0 spiro atoms. The van der Waals surface area contributed by atoms with Crippen molar-refractivity contribution in [3.05, 3.63) is 35.5 Å². The van der Waals surface area contributed by atoms with Crippen molar-refractivity contribution >= 4 is 17.7 Å². The van der Waals surface area contributed by atoms with Crippen LogP contribution in [0.4, 0.5) is 10.5 Å². The van der Waals surface area contributed by atoms with Gasteiger partial charge in [-0.2, -0.15) is 5.10 Å². The minimum Gasteiger partial charge on any atom is -0.442 e. The van der Waals surface area contributed by atoms with E-state index < -0.39 is 0 Å². The number of nitrogens with zero attached hydrogens (tertiary/aromatic N) is 2. The highest BCUT2D eigenvalue weighted by atomic mass is 16.6. The lowest BCUT2D eigenvalue weighted by molar-refractivity contribution is -0.121. The number of anilines is 1. The number of rotatable bonds is 5. The van der Waals surface area contributed by atoms with E-state index in [1.54, 1.807) is 4.90 Å². The molecule has 2 aromatic rings. The van der Waals surface area contributed by atoms with Crippen LogP contribution in [0, 0.1) is 5.92 Å². The maximum atomic E-state index is 12.4. The van der Waals surface area contributed by atoms with Crippen molar-refractivity contribution in [1.29, 1.82) is 0 Å². The Morgan fingerprint density at radius 2 is 2.14 bits per heavy atom. The van der Waals surface area contributed by atoms with Gasteiger partial charge in [0.2, 0.25) is 5.91 Å². The monoisotopic (exact) mass is 380 g/mol. The van der Waals surface area contributed by atoms with E-state index in [1.807, 2.05) is 12.3 Å². The molecule has 1 aromatic heterocycles. The first-order valence-electron chi connectivity index (χ1n) is 10.1. The lowest BCUT2D eigenvalue weighted by atomic mass is 10.0. The molecule has 7 heteroatoms. The van der Waals surface area contributed by atoms with Crippen LogP contribution in [-0.2, 0) is 22.4 Å². The maximum Gasteiger partial charge on any atom is 0.414 e. The molecule has 2 N–H and O–H groups in total. The van der Waals surface area contributed by atoms with Crippen LogP contribution in [0.1, 0.15) is 36.8 Å². The highest BCUT2D eigenvalue weighted by molar-refractivity contribution is 5.90. The largest absolute Gasteiger partial charge is 0.442 e. The van der Waals surface area contributed by atoms with Crippen molar-refractivity contribution in [2.45, 2.75) is 44.6 Å². The quantitative estimate of drug-likeness (QED) is 0.835. The van der Waals surface area contributed by atoms with E-state index in [0.717, 1.165) is 49.0 Å². The zero-order valence-electron chi connectivity index (χ0n) is 15.7. The third-order valence-electron chi connectivity index (χ3n) is 5.85. The Morgan fingerprint density at radius 1 is 1.29 bits per heavy atom. The fourth-order valence-corrected chi connectivity index (χ4v) is 4.12. The number of amides is 2. The number of hydrogen-bond donors (Lipinski definition) is 2. The van der Waals surface area contributed by atoms with Crippen LogP contribution in [-0.4, -0.2) is 41.4 Å². The molecule has 0 bridgehead atoms. The number of benzene rings is 1. The topological polar surface area (TPSA) is 87.3 Å². The normalized spacial score (nSPS) is 20.9. The number of nitrogens with one attached hydrogen (secondary N) is 2. The Balaban J connectivity index is 1.28. The summed E-state index contributed by atoms with van der Waals surface area (Å²) in [7, 11) is 0. The number of hydrogen-bond acceptors (Lipinski definition) is 4. The van der Waals surface area contributed by atoms with Crippen LogP contribution in [0.2, 0.25) is 0 Å².